The first kappa shape index (κ1) is 12.0. The highest BCUT2D eigenvalue weighted by Crippen LogP contribution is 2.28. The van der Waals surface area contributed by atoms with Gasteiger partial charge in [0.25, 0.3) is 0 Å². The highest BCUT2D eigenvalue weighted by atomic mass is 16.4. The molecule has 2 aromatic rings. The summed E-state index contributed by atoms with van der Waals surface area (Å²) in [6.45, 7) is 1.64. The van der Waals surface area contributed by atoms with Gasteiger partial charge in [-0.3, -0.25) is 9.69 Å². The Morgan fingerprint density at radius 3 is 2.95 bits per heavy atom. The lowest BCUT2D eigenvalue weighted by Crippen LogP contribution is -2.33. The summed E-state index contributed by atoms with van der Waals surface area (Å²) in [7, 11) is 0. The van der Waals surface area contributed by atoms with Crippen molar-refractivity contribution >= 4 is 22.4 Å². The number of rotatable bonds is 3. The zero-order valence-corrected chi connectivity index (χ0v) is 10.6. The summed E-state index contributed by atoms with van der Waals surface area (Å²) in [4.78, 5) is 15.9. The van der Waals surface area contributed by atoms with Crippen LogP contribution in [0.15, 0.2) is 36.5 Å². The Labute approximate surface area is 111 Å². The summed E-state index contributed by atoms with van der Waals surface area (Å²) in [5.74, 6) is -0.760. The zero-order chi connectivity index (χ0) is 13.2. The summed E-state index contributed by atoms with van der Waals surface area (Å²) in [5, 5.41) is 10.0. The Bertz CT molecular complexity index is 642. The van der Waals surface area contributed by atoms with Crippen LogP contribution in [0.25, 0.3) is 16.5 Å². The average Bonchev–Trinajstić information content (AvgIpc) is 2.83. The maximum absolute atomic E-state index is 10.7. The molecule has 0 amide bonds. The molecule has 0 radical (unpaired) electrons. The van der Waals surface area contributed by atoms with Gasteiger partial charge in [0.05, 0.1) is 6.54 Å². The molecule has 1 aromatic heterocycles. The van der Waals surface area contributed by atoms with Gasteiger partial charge >= 0.3 is 5.97 Å². The largest absolute Gasteiger partial charge is 0.480 e. The smallest absolute Gasteiger partial charge is 0.317 e. The zero-order valence-electron chi connectivity index (χ0n) is 10.6. The lowest BCUT2D eigenvalue weighted by atomic mass is 9.99. The van der Waals surface area contributed by atoms with E-state index in [1.807, 2.05) is 23.2 Å². The van der Waals surface area contributed by atoms with E-state index in [9.17, 15) is 4.79 Å². The number of carboxylic acids is 1. The van der Waals surface area contributed by atoms with Crippen molar-refractivity contribution in [2.75, 3.05) is 19.6 Å². The molecule has 3 rings (SSSR count). The highest BCUT2D eigenvalue weighted by Gasteiger charge is 2.16. The topological polar surface area (TPSA) is 56.3 Å². The normalized spacial score (nSPS) is 16.5. The minimum Gasteiger partial charge on any atom is -0.480 e. The molecule has 98 valence electrons. The molecule has 1 aromatic carbocycles. The van der Waals surface area contributed by atoms with Crippen LogP contribution in [-0.4, -0.2) is 40.6 Å². The van der Waals surface area contributed by atoms with Crippen LogP contribution in [0.3, 0.4) is 0 Å². The number of benzene rings is 1. The van der Waals surface area contributed by atoms with Crippen LogP contribution >= 0.6 is 0 Å². The SMILES string of the molecule is O=C(O)CN1CC=C(c2c[nH]c3ccccc23)CC1. The van der Waals surface area contributed by atoms with Gasteiger partial charge in [0.2, 0.25) is 0 Å². The molecule has 2 heterocycles. The molecule has 0 unspecified atom stereocenters. The van der Waals surface area contributed by atoms with Crippen molar-refractivity contribution in [2.45, 2.75) is 6.42 Å². The molecule has 19 heavy (non-hydrogen) atoms. The van der Waals surface area contributed by atoms with Gasteiger partial charge in [0.1, 0.15) is 0 Å². The van der Waals surface area contributed by atoms with Crippen molar-refractivity contribution in [3.8, 4) is 0 Å². The number of carbonyl (C=O) groups is 1. The first-order valence-electron chi connectivity index (χ1n) is 6.44. The number of aliphatic carboxylic acids is 1. The number of aromatic nitrogens is 1. The fourth-order valence-corrected chi connectivity index (χ4v) is 2.63. The lowest BCUT2D eigenvalue weighted by Gasteiger charge is -2.24. The van der Waals surface area contributed by atoms with Gasteiger partial charge in [-0.05, 0) is 18.1 Å². The van der Waals surface area contributed by atoms with Crippen molar-refractivity contribution < 1.29 is 9.90 Å². The minimum atomic E-state index is -0.760. The molecule has 0 atom stereocenters. The second kappa shape index (κ2) is 4.90. The van der Waals surface area contributed by atoms with Crippen LogP contribution < -0.4 is 0 Å². The van der Waals surface area contributed by atoms with E-state index >= 15 is 0 Å². The first-order chi connectivity index (χ1) is 9.24. The molecule has 0 saturated carbocycles. The predicted octanol–water partition coefficient (Wildman–Crippen LogP) is 2.34. The van der Waals surface area contributed by atoms with E-state index in [1.54, 1.807) is 0 Å². The van der Waals surface area contributed by atoms with Gasteiger partial charge in [-0.25, -0.2) is 0 Å². The number of nitrogens with one attached hydrogen (secondary N) is 1. The lowest BCUT2D eigenvalue weighted by molar-refractivity contribution is -0.138. The van der Waals surface area contributed by atoms with Gasteiger partial charge in [-0.2, -0.15) is 0 Å². The van der Waals surface area contributed by atoms with E-state index in [2.05, 4.69) is 23.2 Å². The van der Waals surface area contributed by atoms with Crippen molar-refractivity contribution in [3.63, 3.8) is 0 Å². The summed E-state index contributed by atoms with van der Waals surface area (Å²) < 4.78 is 0. The van der Waals surface area contributed by atoms with Gasteiger partial charge in [-0.15, -0.1) is 0 Å². The van der Waals surface area contributed by atoms with Gasteiger partial charge in [0.15, 0.2) is 0 Å². The van der Waals surface area contributed by atoms with Crippen LogP contribution in [0.5, 0.6) is 0 Å². The van der Waals surface area contributed by atoms with Gasteiger partial charge in [-0.1, -0.05) is 24.3 Å². The highest BCUT2D eigenvalue weighted by molar-refractivity contribution is 5.92. The Hall–Kier alpha value is -2.07. The summed E-state index contributed by atoms with van der Waals surface area (Å²) >= 11 is 0. The average molecular weight is 256 g/mol. The Balaban J connectivity index is 1.84. The van der Waals surface area contributed by atoms with Crippen LogP contribution in [0, 0.1) is 0 Å². The molecule has 4 heteroatoms. The number of nitrogens with zero attached hydrogens (tertiary/aromatic N) is 1. The monoisotopic (exact) mass is 256 g/mol. The van der Waals surface area contributed by atoms with Crippen molar-refractivity contribution in [1.82, 2.24) is 9.88 Å². The quantitative estimate of drug-likeness (QED) is 0.886. The molecule has 0 saturated heterocycles. The second-order valence-corrected chi connectivity index (χ2v) is 4.86. The van der Waals surface area contributed by atoms with Gasteiger partial charge < -0.3 is 10.1 Å². The van der Waals surface area contributed by atoms with E-state index in [4.69, 9.17) is 5.11 Å². The maximum Gasteiger partial charge on any atom is 0.317 e. The third kappa shape index (κ3) is 2.39. The predicted molar refractivity (Wildman–Crippen MR) is 75.0 cm³/mol. The van der Waals surface area contributed by atoms with E-state index in [-0.39, 0.29) is 6.54 Å². The van der Waals surface area contributed by atoms with Crippen LogP contribution in [-0.2, 0) is 4.79 Å². The molecule has 0 fully saturated rings. The second-order valence-electron chi connectivity index (χ2n) is 4.86. The molecule has 2 N–H and O–H groups in total. The number of H-pyrrole nitrogens is 1. The third-order valence-electron chi connectivity index (χ3n) is 3.59. The van der Waals surface area contributed by atoms with E-state index < -0.39 is 5.97 Å². The van der Waals surface area contributed by atoms with Crippen LogP contribution in [0.1, 0.15) is 12.0 Å². The number of carboxylic acid groups (broad SMARTS) is 1. The van der Waals surface area contributed by atoms with E-state index in [0.29, 0.717) is 6.54 Å². The Morgan fingerprint density at radius 1 is 1.37 bits per heavy atom. The Morgan fingerprint density at radius 2 is 2.21 bits per heavy atom. The van der Waals surface area contributed by atoms with E-state index in [0.717, 1.165) is 18.5 Å². The number of aromatic amines is 1. The summed E-state index contributed by atoms with van der Waals surface area (Å²) in [6.07, 6.45) is 5.08. The Kier molecular flexibility index (Phi) is 3.09. The maximum atomic E-state index is 10.7. The number of hydrogen-bond donors (Lipinski definition) is 2. The molecule has 4 nitrogen and oxygen atoms in total. The van der Waals surface area contributed by atoms with Crippen LogP contribution in [0.4, 0.5) is 0 Å². The summed E-state index contributed by atoms with van der Waals surface area (Å²) in [5.41, 5.74) is 3.69. The standard InChI is InChI=1S/C15H16N2O2/c18-15(19)10-17-7-5-11(6-8-17)13-9-16-14-4-2-1-3-12(13)14/h1-5,9,16H,6-8,10H2,(H,18,19). The van der Waals surface area contributed by atoms with Crippen molar-refractivity contribution in [1.29, 1.82) is 0 Å². The summed E-state index contributed by atoms with van der Waals surface area (Å²) in [6, 6.07) is 8.25. The van der Waals surface area contributed by atoms with Gasteiger partial charge in [0, 0.05) is 35.8 Å². The molecule has 0 bridgehead atoms. The number of hydrogen-bond acceptors (Lipinski definition) is 2. The van der Waals surface area contributed by atoms with E-state index in [1.165, 1.54) is 16.5 Å². The van der Waals surface area contributed by atoms with Crippen molar-refractivity contribution in [3.05, 3.63) is 42.1 Å². The molecular weight excluding hydrogens is 240 g/mol. The third-order valence-corrected chi connectivity index (χ3v) is 3.59. The number of para-hydroxylation sites is 1. The van der Waals surface area contributed by atoms with Crippen molar-refractivity contribution in [2.24, 2.45) is 0 Å². The fraction of sp³-hybridized carbons (Fsp3) is 0.267. The fourth-order valence-electron chi connectivity index (χ4n) is 2.63. The molecule has 0 spiro atoms. The van der Waals surface area contributed by atoms with Crippen LogP contribution in [0.2, 0.25) is 0 Å². The molecule has 1 aliphatic rings. The first-order valence-corrected chi connectivity index (χ1v) is 6.44. The number of fused-ring (bicyclic) bond motifs is 1. The molecule has 1 aliphatic heterocycles. The molecular formula is C15H16N2O2. The molecule has 0 aliphatic carbocycles. The minimum absolute atomic E-state index is 0.123.